The third-order valence-electron chi connectivity index (χ3n) is 5.18. The maximum atomic E-state index is 12.6. The maximum absolute atomic E-state index is 12.6. The van der Waals surface area contributed by atoms with E-state index in [1.54, 1.807) is 6.07 Å². The molecule has 2 heterocycles. The molecule has 0 aliphatic heterocycles. The zero-order valence-electron chi connectivity index (χ0n) is 16.3. The average molecular weight is 490 g/mol. The summed E-state index contributed by atoms with van der Waals surface area (Å²) in [5, 5.41) is 35.3. The van der Waals surface area contributed by atoms with Crippen molar-refractivity contribution in [1.29, 1.82) is 0 Å². The Balaban J connectivity index is 1.74. The minimum absolute atomic E-state index is 0.0589. The standard InChI is InChI=1S/C19H19ClF3N5O3S/c20-15-12(17-26-9-3-1-2-4-11(9)32-17)16(28-18(27-15)24-7-19(21,22)23)25-10-5-8(6-29)13(30)14(10)31/h1-4,8,10,13-14,29-31H,5-7H2,(H2,24,25,27,28)/t8-,10?,13-,14+/m1/s1. The molecule has 1 aliphatic carbocycles. The summed E-state index contributed by atoms with van der Waals surface area (Å²) < 4.78 is 38.8. The molecule has 5 N–H and O–H groups in total. The number of hydrogen-bond acceptors (Lipinski definition) is 9. The number of rotatable bonds is 6. The van der Waals surface area contributed by atoms with E-state index in [1.807, 2.05) is 18.2 Å². The van der Waals surface area contributed by atoms with Crippen LogP contribution in [0.25, 0.3) is 20.8 Å². The van der Waals surface area contributed by atoms with Crippen molar-refractivity contribution in [2.45, 2.75) is 30.8 Å². The topological polar surface area (TPSA) is 123 Å². The summed E-state index contributed by atoms with van der Waals surface area (Å²) in [7, 11) is 0. The van der Waals surface area contributed by atoms with Crippen molar-refractivity contribution in [2.75, 3.05) is 23.8 Å². The van der Waals surface area contributed by atoms with Gasteiger partial charge in [0, 0.05) is 12.5 Å². The number of thiazole rings is 1. The minimum atomic E-state index is -4.49. The van der Waals surface area contributed by atoms with Gasteiger partial charge in [-0.25, -0.2) is 9.97 Å². The van der Waals surface area contributed by atoms with Gasteiger partial charge in [-0.2, -0.15) is 18.2 Å². The van der Waals surface area contributed by atoms with Crippen LogP contribution in [0.5, 0.6) is 0 Å². The van der Waals surface area contributed by atoms with Crippen molar-refractivity contribution in [3.05, 3.63) is 29.4 Å². The van der Waals surface area contributed by atoms with Crippen LogP contribution in [0.2, 0.25) is 5.15 Å². The Labute approximate surface area is 189 Å². The Morgan fingerprint density at radius 2 is 1.88 bits per heavy atom. The Morgan fingerprint density at radius 3 is 2.53 bits per heavy atom. The fourth-order valence-electron chi connectivity index (χ4n) is 3.59. The summed E-state index contributed by atoms with van der Waals surface area (Å²) in [4.78, 5) is 12.6. The van der Waals surface area contributed by atoms with Crippen molar-refractivity contribution < 1.29 is 28.5 Å². The summed E-state index contributed by atoms with van der Waals surface area (Å²) in [5.74, 6) is -0.858. The lowest BCUT2D eigenvalue weighted by molar-refractivity contribution is -0.115. The molecule has 8 nitrogen and oxygen atoms in total. The highest BCUT2D eigenvalue weighted by atomic mass is 35.5. The van der Waals surface area contributed by atoms with Gasteiger partial charge >= 0.3 is 6.18 Å². The Hall–Kier alpha value is -2.25. The van der Waals surface area contributed by atoms with E-state index < -0.39 is 36.9 Å². The minimum Gasteiger partial charge on any atom is -0.396 e. The Bertz CT molecular complexity index is 1080. The van der Waals surface area contributed by atoms with E-state index in [-0.39, 0.29) is 35.5 Å². The molecule has 0 radical (unpaired) electrons. The van der Waals surface area contributed by atoms with E-state index >= 15 is 0 Å². The molecule has 1 saturated carbocycles. The van der Waals surface area contributed by atoms with Crippen LogP contribution in [0, 0.1) is 5.92 Å². The van der Waals surface area contributed by atoms with Crippen LogP contribution in [0.3, 0.4) is 0 Å². The number of anilines is 2. The lowest BCUT2D eigenvalue weighted by Crippen LogP contribution is -2.35. The molecule has 1 aliphatic rings. The fraction of sp³-hybridized carbons (Fsp3) is 0.421. The van der Waals surface area contributed by atoms with Crippen LogP contribution in [0.4, 0.5) is 24.9 Å². The number of para-hydroxylation sites is 1. The van der Waals surface area contributed by atoms with Gasteiger partial charge in [-0.3, -0.25) is 0 Å². The Morgan fingerprint density at radius 1 is 1.12 bits per heavy atom. The van der Waals surface area contributed by atoms with Crippen molar-refractivity contribution in [3.8, 4) is 10.6 Å². The zero-order valence-corrected chi connectivity index (χ0v) is 17.9. The summed E-state index contributed by atoms with van der Waals surface area (Å²) in [6.45, 7) is -1.69. The lowest BCUT2D eigenvalue weighted by Gasteiger charge is -2.21. The number of hydrogen-bond donors (Lipinski definition) is 5. The predicted molar refractivity (Wildman–Crippen MR) is 115 cm³/mol. The molecule has 0 saturated heterocycles. The molecule has 4 atom stereocenters. The van der Waals surface area contributed by atoms with Crippen LogP contribution in [0.1, 0.15) is 6.42 Å². The highest BCUT2D eigenvalue weighted by Gasteiger charge is 2.41. The van der Waals surface area contributed by atoms with Crippen molar-refractivity contribution in [2.24, 2.45) is 5.92 Å². The van der Waals surface area contributed by atoms with E-state index in [1.165, 1.54) is 11.3 Å². The highest BCUT2D eigenvalue weighted by molar-refractivity contribution is 7.21. The molecule has 2 aromatic heterocycles. The number of aromatic nitrogens is 3. The first kappa shape index (κ1) is 22.9. The number of aliphatic hydroxyl groups is 3. The van der Waals surface area contributed by atoms with E-state index in [9.17, 15) is 28.5 Å². The molecule has 0 amide bonds. The molecule has 1 fully saturated rings. The maximum Gasteiger partial charge on any atom is 0.405 e. The van der Waals surface area contributed by atoms with E-state index in [0.29, 0.717) is 10.5 Å². The molecule has 3 aromatic rings. The summed E-state index contributed by atoms with van der Waals surface area (Å²) in [6.07, 6.45) is -6.67. The van der Waals surface area contributed by atoms with Crippen molar-refractivity contribution >= 4 is 44.9 Å². The van der Waals surface area contributed by atoms with Gasteiger partial charge in [-0.05, 0) is 18.6 Å². The SMILES string of the molecule is OC[C@H]1CC(Nc2nc(NCC(F)(F)F)nc(Cl)c2-c2nc3ccccc3s2)[C@H](O)[C@@H]1O. The van der Waals surface area contributed by atoms with Crippen LogP contribution < -0.4 is 10.6 Å². The number of benzene rings is 1. The molecule has 0 spiro atoms. The van der Waals surface area contributed by atoms with Crippen LogP contribution in [-0.4, -0.2) is 67.8 Å². The summed E-state index contributed by atoms with van der Waals surface area (Å²) >= 11 is 7.65. The molecule has 1 aromatic carbocycles. The quantitative estimate of drug-likeness (QED) is 0.335. The van der Waals surface area contributed by atoms with Crippen LogP contribution >= 0.6 is 22.9 Å². The van der Waals surface area contributed by atoms with E-state index in [2.05, 4.69) is 25.6 Å². The second kappa shape index (κ2) is 8.94. The molecule has 172 valence electrons. The van der Waals surface area contributed by atoms with Gasteiger partial charge in [-0.15, -0.1) is 11.3 Å². The second-order valence-corrected chi connectivity index (χ2v) is 8.82. The molecule has 32 heavy (non-hydrogen) atoms. The first-order valence-corrected chi connectivity index (χ1v) is 10.8. The molecule has 1 unspecified atom stereocenters. The Kier molecular flexibility index (Phi) is 6.41. The van der Waals surface area contributed by atoms with Gasteiger partial charge in [0.15, 0.2) is 0 Å². The van der Waals surface area contributed by atoms with Gasteiger partial charge < -0.3 is 26.0 Å². The first-order chi connectivity index (χ1) is 15.2. The summed E-state index contributed by atoms with van der Waals surface area (Å²) in [5.41, 5.74) is 0.963. The molecular formula is C19H19ClF3N5O3S. The normalized spacial score (nSPS) is 23.6. The van der Waals surface area contributed by atoms with Gasteiger partial charge in [0.05, 0.1) is 27.9 Å². The predicted octanol–water partition coefficient (Wildman–Crippen LogP) is 2.90. The van der Waals surface area contributed by atoms with Crippen molar-refractivity contribution in [3.63, 3.8) is 0 Å². The van der Waals surface area contributed by atoms with Gasteiger partial charge in [0.1, 0.15) is 28.6 Å². The number of halogens is 4. The average Bonchev–Trinajstić information content (AvgIpc) is 3.27. The van der Waals surface area contributed by atoms with Crippen LogP contribution in [0.15, 0.2) is 24.3 Å². The molecule has 13 heteroatoms. The van der Waals surface area contributed by atoms with E-state index in [0.717, 1.165) is 4.70 Å². The first-order valence-electron chi connectivity index (χ1n) is 9.64. The number of nitrogens with zero attached hydrogens (tertiary/aromatic N) is 3. The number of nitrogens with one attached hydrogen (secondary N) is 2. The van der Waals surface area contributed by atoms with Gasteiger partial charge in [-0.1, -0.05) is 23.7 Å². The van der Waals surface area contributed by atoms with E-state index in [4.69, 9.17) is 11.6 Å². The monoisotopic (exact) mass is 489 g/mol. The number of fused-ring (bicyclic) bond motifs is 1. The highest BCUT2D eigenvalue weighted by Crippen LogP contribution is 2.40. The molecular weight excluding hydrogens is 471 g/mol. The lowest BCUT2D eigenvalue weighted by atomic mass is 10.1. The number of aliphatic hydroxyl groups excluding tert-OH is 3. The third-order valence-corrected chi connectivity index (χ3v) is 6.51. The fourth-order valence-corrected chi connectivity index (χ4v) is 4.92. The molecule has 4 rings (SSSR count). The van der Waals surface area contributed by atoms with Gasteiger partial charge in [0.2, 0.25) is 5.95 Å². The smallest absolute Gasteiger partial charge is 0.396 e. The summed E-state index contributed by atoms with van der Waals surface area (Å²) in [6, 6.07) is 6.60. The molecule has 0 bridgehead atoms. The third kappa shape index (κ3) is 4.74. The largest absolute Gasteiger partial charge is 0.405 e. The number of alkyl halides is 3. The zero-order chi connectivity index (χ0) is 23.0. The van der Waals surface area contributed by atoms with Crippen molar-refractivity contribution in [1.82, 2.24) is 15.0 Å². The second-order valence-electron chi connectivity index (χ2n) is 7.43. The van der Waals surface area contributed by atoms with Gasteiger partial charge in [0.25, 0.3) is 0 Å². The van der Waals surface area contributed by atoms with Crippen LogP contribution in [-0.2, 0) is 0 Å².